The molecule has 0 bridgehead atoms. The molecule has 2 heterocycles. The summed E-state index contributed by atoms with van der Waals surface area (Å²) in [5.74, 6) is -0.487. The second kappa shape index (κ2) is 8.46. The van der Waals surface area contributed by atoms with E-state index in [-0.39, 0.29) is 0 Å². The molecule has 0 spiro atoms. The third kappa shape index (κ3) is 5.30. The molecule has 0 aliphatic rings. The monoisotopic (exact) mass is 443 g/mol. The average Bonchev–Trinajstić information content (AvgIpc) is 3.12. The average molecular weight is 443 g/mol. The molecule has 3 nitrogen and oxygen atoms in total. The number of rotatable bonds is 2. The Morgan fingerprint density at radius 2 is 1.59 bits per heavy atom. The van der Waals surface area contributed by atoms with Crippen molar-refractivity contribution >= 4 is 56.4 Å². The van der Waals surface area contributed by atoms with Crippen LogP contribution in [0.15, 0.2) is 59.5 Å². The number of thiazole rings is 2. The zero-order valence-corrected chi connectivity index (χ0v) is 17.0. The van der Waals surface area contributed by atoms with Crippen LogP contribution in [0.1, 0.15) is 5.01 Å². The van der Waals surface area contributed by atoms with Gasteiger partial charge in [-0.1, -0.05) is 46.9 Å². The lowest BCUT2D eigenvalue weighted by atomic mass is 10.3. The molecule has 0 atom stereocenters. The fourth-order valence-electron chi connectivity index (χ4n) is 2.66. The molecule has 0 radical (unpaired) electrons. The van der Waals surface area contributed by atoms with Gasteiger partial charge in [0.1, 0.15) is 11.7 Å². The van der Waals surface area contributed by atoms with Crippen LogP contribution in [0.5, 0.6) is 0 Å². The van der Waals surface area contributed by atoms with E-state index in [0.29, 0.717) is 4.80 Å². The Balaban J connectivity index is 0.000000431. The van der Waals surface area contributed by atoms with Gasteiger partial charge in [0, 0.05) is 13.1 Å². The van der Waals surface area contributed by atoms with Crippen molar-refractivity contribution in [1.82, 2.24) is 4.57 Å². The van der Waals surface area contributed by atoms with E-state index in [1.165, 1.54) is 17.4 Å². The molecule has 11 heteroatoms. The summed E-state index contributed by atoms with van der Waals surface area (Å²) in [5, 5.41) is 0.834. The Bertz CT molecular complexity index is 1250. The van der Waals surface area contributed by atoms with Gasteiger partial charge < -0.3 is 21.8 Å². The lowest BCUT2D eigenvalue weighted by Crippen LogP contribution is -2.28. The number of para-hydroxylation sites is 2. The van der Waals surface area contributed by atoms with E-state index >= 15 is 0 Å². The topological polar surface area (TPSA) is 21.2 Å². The molecular weight excluding hydrogens is 428 g/mol. The first kappa shape index (κ1) is 21.2. The minimum Gasteiger partial charge on any atom is -0.418 e. The zero-order chi connectivity index (χ0) is 21.2. The van der Waals surface area contributed by atoms with Crippen molar-refractivity contribution in [3.8, 4) is 0 Å². The summed E-state index contributed by atoms with van der Waals surface area (Å²) in [4.78, 5) is 4.82. The van der Waals surface area contributed by atoms with Gasteiger partial charge in [-0.25, -0.2) is 0 Å². The van der Waals surface area contributed by atoms with E-state index in [1.54, 1.807) is 11.3 Å². The van der Waals surface area contributed by atoms with Crippen molar-refractivity contribution in [1.29, 1.82) is 0 Å². The van der Waals surface area contributed by atoms with Crippen molar-refractivity contribution in [2.24, 2.45) is 19.1 Å². The minimum absolute atomic E-state index is 0.487. The van der Waals surface area contributed by atoms with Crippen molar-refractivity contribution in [3.63, 3.8) is 0 Å². The number of benzene rings is 2. The molecular formula is C18H15BF5N3S2. The molecule has 0 aliphatic carbocycles. The maximum atomic E-state index is 14.5. The molecule has 4 rings (SSSR count). The normalized spacial score (nSPS) is 13.1. The quantitative estimate of drug-likeness (QED) is 0.170. The van der Waals surface area contributed by atoms with E-state index in [1.807, 2.05) is 71.8 Å². The highest BCUT2D eigenvalue weighted by molar-refractivity contribution is 7.18. The van der Waals surface area contributed by atoms with Gasteiger partial charge in [-0.05, 0) is 18.2 Å². The van der Waals surface area contributed by atoms with E-state index in [9.17, 15) is 21.7 Å². The lowest BCUT2D eigenvalue weighted by molar-refractivity contribution is -0.642. The molecule has 0 amide bonds. The summed E-state index contributed by atoms with van der Waals surface area (Å²) in [6, 6.07) is 16.0. The van der Waals surface area contributed by atoms with E-state index in [4.69, 9.17) is 0 Å². The first-order chi connectivity index (χ1) is 13.6. The molecule has 152 valence electrons. The van der Waals surface area contributed by atoms with Crippen LogP contribution in [-0.2, 0) is 14.1 Å². The maximum absolute atomic E-state index is 14.5. The molecule has 2 aromatic heterocycles. The molecule has 0 saturated heterocycles. The van der Waals surface area contributed by atoms with Gasteiger partial charge in [0.25, 0.3) is 5.01 Å². The summed E-state index contributed by atoms with van der Waals surface area (Å²) in [6.07, 6.45) is 1.50. The third-order valence-electron chi connectivity index (χ3n) is 3.93. The van der Waals surface area contributed by atoms with E-state index in [0.717, 1.165) is 25.4 Å². The molecule has 0 fully saturated rings. The second-order valence-electron chi connectivity index (χ2n) is 5.95. The Hall–Kier alpha value is -2.53. The highest BCUT2D eigenvalue weighted by atomic mass is 32.1. The minimum atomic E-state index is -6.00. The van der Waals surface area contributed by atoms with Crippen LogP contribution in [0.4, 0.5) is 21.7 Å². The number of nitrogens with zero attached hydrogens (tertiary/aromatic N) is 3. The molecule has 0 N–H and O–H groups in total. The first-order valence-corrected chi connectivity index (χ1v) is 9.98. The van der Waals surface area contributed by atoms with Gasteiger partial charge >= 0.3 is 7.25 Å². The van der Waals surface area contributed by atoms with Gasteiger partial charge in [0.2, 0.25) is 11.5 Å². The summed E-state index contributed by atoms with van der Waals surface area (Å²) >= 11 is 3.04. The summed E-state index contributed by atoms with van der Waals surface area (Å²) < 4.78 is 59.6. The first-order valence-electron chi connectivity index (χ1n) is 8.35. The van der Waals surface area contributed by atoms with Crippen LogP contribution < -0.4 is 9.37 Å². The van der Waals surface area contributed by atoms with Gasteiger partial charge in [0.15, 0.2) is 4.80 Å². The highest BCUT2D eigenvalue weighted by Gasteiger charge is 2.20. The summed E-state index contributed by atoms with van der Waals surface area (Å²) in [5.41, 5.74) is 2.15. The number of fused-ring (bicyclic) bond motifs is 2. The standard InChI is InChI=1S/C18H15FN3S2.BF4/c1-21-12-7-3-5-9-14(12)23-17(21)11-16(19)20-18-22(2)13-8-4-6-10-15(13)24-18;2-1(3,4)5/h3-11H,1-2H3;/q+1;-1. The fraction of sp³-hybridized carbons (Fsp3) is 0.111. The third-order valence-corrected chi connectivity index (χ3v) is 6.21. The zero-order valence-electron chi connectivity index (χ0n) is 15.3. The molecule has 0 unspecified atom stereocenters. The van der Waals surface area contributed by atoms with Gasteiger partial charge in [-0.15, -0.1) is 0 Å². The smallest absolute Gasteiger partial charge is 0.418 e. The van der Waals surface area contributed by atoms with Crippen molar-refractivity contribution in [2.75, 3.05) is 0 Å². The van der Waals surface area contributed by atoms with Crippen LogP contribution >= 0.6 is 22.7 Å². The maximum Gasteiger partial charge on any atom is 0.673 e. The SMILES string of the molecule is Cn1/c(=N/C(F)=C/c2sc3ccccc3[n+]2C)sc2ccccc21.F[B-](F)(F)F. The van der Waals surface area contributed by atoms with Gasteiger partial charge in [-0.2, -0.15) is 13.9 Å². The number of hydrogen-bond donors (Lipinski definition) is 0. The summed E-state index contributed by atoms with van der Waals surface area (Å²) in [6.45, 7) is 0. The van der Waals surface area contributed by atoms with Crippen LogP contribution in [-0.4, -0.2) is 11.8 Å². The lowest BCUT2D eigenvalue weighted by Gasteiger charge is -1.94. The van der Waals surface area contributed by atoms with Crippen molar-refractivity contribution in [2.45, 2.75) is 0 Å². The Kier molecular flexibility index (Phi) is 6.18. The Morgan fingerprint density at radius 1 is 1.00 bits per heavy atom. The molecule has 0 saturated carbocycles. The van der Waals surface area contributed by atoms with Crippen molar-refractivity contribution < 1.29 is 26.2 Å². The fourth-order valence-corrected chi connectivity index (χ4v) is 4.75. The number of hydrogen-bond acceptors (Lipinski definition) is 3. The van der Waals surface area contributed by atoms with E-state index in [2.05, 4.69) is 4.99 Å². The van der Waals surface area contributed by atoms with Crippen molar-refractivity contribution in [3.05, 3.63) is 64.3 Å². The van der Waals surface area contributed by atoms with Crippen LogP contribution in [0.2, 0.25) is 0 Å². The van der Waals surface area contributed by atoms with Gasteiger partial charge in [0.05, 0.1) is 16.3 Å². The number of aryl methyl sites for hydroxylation is 2. The Labute approximate surface area is 170 Å². The van der Waals surface area contributed by atoms with Crippen LogP contribution in [0, 0.1) is 0 Å². The highest BCUT2D eigenvalue weighted by Crippen LogP contribution is 2.22. The van der Waals surface area contributed by atoms with Crippen LogP contribution in [0.25, 0.3) is 26.5 Å². The largest absolute Gasteiger partial charge is 0.673 e. The Morgan fingerprint density at radius 3 is 2.21 bits per heavy atom. The number of halogens is 5. The van der Waals surface area contributed by atoms with E-state index < -0.39 is 13.2 Å². The molecule has 2 aromatic carbocycles. The van der Waals surface area contributed by atoms with Gasteiger partial charge in [-0.3, -0.25) is 0 Å². The predicted molar refractivity (Wildman–Crippen MR) is 109 cm³/mol. The molecule has 4 aromatic rings. The molecule has 0 aliphatic heterocycles. The van der Waals surface area contributed by atoms with Crippen LogP contribution in [0.3, 0.4) is 0 Å². The molecule has 29 heavy (non-hydrogen) atoms. The second-order valence-corrected chi connectivity index (χ2v) is 8.02. The summed E-state index contributed by atoms with van der Waals surface area (Å²) in [7, 11) is -2.15. The number of aromatic nitrogens is 2. The predicted octanol–water partition coefficient (Wildman–Crippen LogP) is 5.45.